The molecule has 0 saturated carbocycles. The SMILES string of the molecule is CC(Nc1ncnc2nc[nH]c12)c1ccc2cccnc2c1-c1cncc(F)c1.O=C(O)C(F)(F)F.O=C(O)C(F)(F)F.O=C(O)C(F)(F)F. The Morgan fingerprint density at radius 1 is 0.800 bits per heavy atom. The lowest BCUT2D eigenvalue weighted by Crippen LogP contribution is -2.21. The van der Waals surface area contributed by atoms with Crippen molar-refractivity contribution in [3.8, 4) is 11.1 Å². The fraction of sp³-hybridized carbons (Fsp3) is 0.185. The van der Waals surface area contributed by atoms with Crippen LogP contribution in [0.4, 0.5) is 49.7 Å². The number of rotatable bonds is 4. The minimum Gasteiger partial charge on any atom is -0.475 e. The van der Waals surface area contributed by atoms with Crippen LogP contribution in [0.3, 0.4) is 0 Å². The summed E-state index contributed by atoms with van der Waals surface area (Å²) in [6.07, 6.45) is -7.62. The number of benzene rings is 1. The van der Waals surface area contributed by atoms with Gasteiger partial charge in [0.05, 0.1) is 24.1 Å². The monoisotopic (exact) mass is 727 g/mol. The molecule has 23 heteroatoms. The number of aromatic nitrogens is 6. The van der Waals surface area contributed by atoms with Crippen LogP contribution in [0.15, 0.2) is 61.6 Å². The third-order valence-electron chi connectivity index (χ3n) is 5.57. The number of hydrogen-bond donors (Lipinski definition) is 5. The van der Waals surface area contributed by atoms with Crippen molar-refractivity contribution in [2.75, 3.05) is 5.32 Å². The number of aliphatic carboxylic acids is 3. The van der Waals surface area contributed by atoms with Crippen LogP contribution in [0, 0.1) is 5.82 Å². The summed E-state index contributed by atoms with van der Waals surface area (Å²) in [4.78, 5) is 51.0. The summed E-state index contributed by atoms with van der Waals surface area (Å²) in [6, 6.07) is 9.22. The first-order chi connectivity index (χ1) is 23.0. The fourth-order valence-electron chi connectivity index (χ4n) is 3.53. The molecular formula is C27H19F10N7O6. The highest BCUT2D eigenvalue weighted by molar-refractivity contribution is 5.95. The van der Waals surface area contributed by atoms with Crippen molar-refractivity contribution in [3.05, 3.63) is 73.0 Å². The van der Waals surface area contributed by atoms with Gasteiger partial charge in [0.2, 0.25) is 0 Å². The highest BCUT2D eigenvalue weighted by atomic mass is 19.4. The van der Waals surface area contributed by atoms with E-state index in [4.69, 9.17) is 29.7 Å². The van der Waals surface area contributed by atoms with Crippen molar-refractivity contribution in [2.24, 2.45) is 0 Å². The zero-order chi connectivity index (χ0) is 38.0. The number of H-pyrrole nitrogens is 1. The summed E-state index contributed by atoms with van der Waals surface area (Å²) in [5.41, 5.74) is 4.57. The molecule has 268 valence electrons. The van der Waals surface area contributed by atoms with E-state index in [9.17, 15) is 43.9 Å². The number of hydrogen-bond acceptors (Lipinski definition) is 9. The number of carboxylic acids is 3. The van der Waals surface area contributed by atoms with Crippen LogP contribution < -0.4 is 5.32 Å². The molecule has 0 aliphatic rings. The van der Waals surface area contributed by atoms with Gasteiger partial charge in [-0.05, 0) is 24.6 Å². The van der Waals surface area contributed by atoms with Gasteiger partial charge in [0, 0.05) is 28.9 Å². The van der Waals surface area contributed by atoms with Crippen molar-refractivity contribution in [1.29, 1.82) is 0 Å². The number of aromatic amines is 1. The van der Waals surface area contributed by atoms with Gasteiger partial charge in [0.15, 0.2) is 11.5 Å². The Morgan fingerprint density at radius 3 is 1.88 bits per heavy atom. The maximum atomic E-state index is 13.9. The molecule has 13 nitrogen and oxygen atoms in total. The van der Waals surface area contributed by atoms with Crippen LogP contribution >= 0.6 is 0 Å². The Balaban J connectivity index is 0.000000338. The molecule has 5 aromatic rings. The Morgan fingerprint density at radius 2 is 1.36 bits per heavy atom. The normalized spacial score (nSPS) is 11.9. The van der Waals surface area contributed by atoms with Gasteiger partial charge in [-0.25, -0.2) is 33.7 Å². The minimum atomic E-state index is -5.08. The Labute approximate surface area is 270 Å². The van der Waals surface area contributed by atoms with Gasteiger partial charge in [0.1, 0.15) is 17.7 Å². The number of nitrogens with zero attached hydrogens (tertiary/aromatic N) is 5. The molecule has 4 aromatic heterocycles. The van der Waals surface area contributed by atoms with Crippen LogP contribution in [0.5, 0.6) is 0 Å². The van der Waals surface area contributed by atoms with Crippen molar-refractivity contribution >= 4 is 45.8 Å². The summed E-state index contributed by atoms with van der Waals surface area (Å²) in [7, 11) is 0. The average Bonchev–Trinajstić information content (AvgIpc) is 3.50. The molecule has 50 heavy (non-hydrogen) atoms. The maximum absolute atomic E-state index is 13.9. The predicted molar refractivity (Wildman–Crippen MR) is 150 cm³/mol. The lowest BCUT2D eigenvalue weighted by Gasteiger charge is -2.20. The molecule has 1 unspecified atom stereocenters. The molecule has 5 N–H and O–H groups in total. The van der Waals surface area contributed by atoms with E-state index in [1.807, 2.05) is 31.2 Å². The lowest BCUT2D eigenvalue weighted by molar-refractivity contribution is -0.193. The first kappa shape index (κ1) is 40.0. The number of halogens is 10. The molecule has 1 atom stereocenters. The number of pyridine rings is 2. The van der Waals surface area contributed by atoms with Crippen molar-refractivity contribution in [1.82, 2.24) is 29.9 Å². The average molecular weight is 727 g/mol. The largest absolute Gasteiger partial charge is 0.490 e. The van der Waals surface area contributed by atoms with Gasteiger partial charge in [-0.1, -0.05) is 18.2 Å². The standard InChI is InChI=1S/C21H16FN7.3C2HF3O2/c1-12(29-21-19-20(26-10-25-19)27-11-28-21)16-5-4-13-3-2-6-24-18(13)17(16)14-7-15(22)9-23-8-14;3*3-2(4,5)1(6)7/h2-12H,1H3,(H2,25,26,27,28,29);3*(H,6,7). The lowest BCUT2D eigenvalue weighted by atomic mass is 9.93. The quantitative estimate of drug-likeness (QED) is 0.132. The third-order valence-corrected chi connectivity index (χ3v) is 5.57. The van der Waals surface area contributed by atoms with E-state index in [2.05, 4.69) is 35.2 Å². The summed E-state index contributed by atoms with van der Waals surface area (Å²) in [6.45, 7) is 2.02. The van der Waals surface area contributed by atoms with E-state index in [0.29, 0.717) is 17.0 Å². The van der Waals surface area contributed by atoms with Gasteiger partial charge < -0.3 is 25.6 Å². The number of carboxylic acid groups (broad SMARTS) is 3. The topological polar surface area (TPSA) is 204 Å². The van der Waals surface area contributed by atoms with Crippen LogP contribution in [0.25, 0.3) is 33.2 Å². The van der Waals surface area contributed by atoms with Gasteiger partial charge in [-0.3, -0.25) is 9.97 Å². The molecule has 0 fully saturated rings. The number of alkyl halides is 9. The van der Waals surface area contributed by atoms with E-state index in [1.165, 1.54) is 18.6 Å². The zero-order valence-corrected chi connectivity index (χ0v) is 24.4. The van der Waals surface area contributed by atoms with Crippen molar-refractivity contribution < 1.29 is 73.6 Å². The van der Waals surface area contributed by atoms with Crippen molar-refractivity contribution in [2.45, 2.75) is 31.5 Å². The maximum Gasteiger partial charge on any atom is 0.490 e. The highest BCUT2D eigenvalue weighted by Gasteiger charge is 2.39. The van der Waals surface area contributed by atoms with Gasteiger partial charge in [-0.2, -0.15) is 39.5 Å². The second-order valence-corrected chi connectivity index (χ2v) is 9.09. The molecule has 0 radical (unpaired) electrons. The predicted octanol–water partition coefficient (Wildman–Crippen LogP) is 6.18. The first-order valence-electron chi connectivity index (χ1n) is 12.8. The van der Waals surface area contributed by atoms with Crippen LogP contribution in [-0.2, 0) is 14.4 Å². The molecule has 0 spiro atoms. The zero-order valence-electron chi connectivity index (χ0n) is 24.4. The van der Waals surface area contributed by atoms with Crippen LogP contribution in [0.1, 0.15) is 18.5 Å². The number of imidazole rings is 1. The molecule has 5 rings (SSSR count). The summed E-state index contributed by atoms with van der Waals surface area (Å²) >= 11 is 0. The van der Waals surface area contributed by atoms with E-state index in [0.717, 1.165) is 27.5 Å². The smallest absolute Gasteiger partial charge is 0.475 e. The molecule has 0 aliphatic carbocycles. The summed E-state index contributed by atoms with van der Waals surface area (Å²) < 4.78 is 109. The molecule has 0 amide bonds. The van der Waals surface area contributed by atoms with Crippen LogP contribution in [-0.4, -0.2) is 81.7 Å². The molecule has 0 bridgehead atoms. The Kier molecular flexibility index (Phi) is 13.0. The molecule has 4 heterocycles. The van der Waals surface area contributed by atoms with Gasteiger partial charge in [-0.15, -0.1) is 0 Å². The number of nitrogens with one attached hydrogen (secondary N) is 2. The third kappa shape index (κ3) is 11.5. The number of carbonyl (C=O) groups is 3. The van der Waals surface area contributed by atoms with E-state index in [-0.39, 0.29) is 6.04 Å². The van der Waals surface area contributed by atoms with Gasteiger partial charge >= 0.3 is 36.4 Å². The Bertz CT molecular complexity index is 1890. The Hall–Kier alpha value is -6.16. The number of fused-ring (bicyclic) bond motifs is 2. The van der Waals surface area contributed by atoms with E-state index < -0.39 is 42.3 Å². The second kappa shape index (κ2) is 16.3. The summed E-state index contributed by atoms with van der Waals surface area (Å²) in [5, 5.41) is 25.8. The van der Waals surface area contributed by atoms with Crippen molar-refractivity contribution in [3.63, 3.8) is 0 Å². The first-order valence-corrected chi connectivity index (χ1v) is 12.8. The van der Waals surface area contributed by atoms with Gasteiger partial charge in [0.25, 0.3) is 0 Å². The number of anilines is 1. The molecule has 0 aliphatic heterocycles. The van der Waals surface area contributed by atoms with E-state index in [1.54, 1.807) is 18.7 Å². The molecule has 1 aromatic carbocycles. The molecular weight excluding hydrogens is 708 g/mol. The summed E-state index contributed by atoms with van der Waals surface area (Å²) in [5.74, 6) is -8.02. The fourth-order valence-corrected chi connectivity index (χ4v) is 3.53. The minimum absolute atomic E-state index is 0.152. The van der Waals surface area contributed by atoms with E-state index >= 15 is 0 Å². The highest BCUT2D eigenvalue weighted by Crippen LogP contribution is 2.35. The van der Waals surface area contributed by atoms with Crippen LogP contribution in [0.2, 0.25) is 0 Å². The molecule has 0 saturated heterocycles. The second-order valence-electron chi connectivity index (χ2n) is 9.09.